The minimum atomic E-state index is -6.18. The van der Waals surface area contributed by atoms with Gasteiger partial charge in [0.1, 0.15) is 17.5 Å². The number of hydrogen-bond acceptors (Lipinski definition) is 14. The molecule has 0 saturated carbocycles. The molecule has 31 heavy (non-hydrogen) atoms. The van der Waals surface area contributed by atoms with Crippen molar-refractivity contribution in [2.75, 3.05) is 12.3 Å². The lowest BCUT2D eigenvalue weighted by Gasteiger charge is -2.35. The van der Waals surface area contributed by atoms with Crippen molar-refractivity contribution in [1.29, 1.82) is 0 Å². The molecule has 3 unspecified atom stereocenters. The number of halogens is 1. The first-order valence-electron chi connectivity index (χ1n) is 7.72. The Bertz CT molecular complexity index is 1050. The molecule has 1 aromatic rings. The van der Waals surface area contributed by atoms with Crippen LogP contribution in [0.3, 0.4) is 0 Å². The smallest absolute Gasteiger partial charge is 0.351 e. The maximum atomic E-state index is 14.7. The Hall–Kier alpha value is -1.32. The standard InChI is InChI=1S/C11H17FN3O13P3/c1-2-11(5-25-30(21,22)28-31(23,24)27-29(18,19)20)8(12)7(16)9(26-11)15-4-3-6(13)14-10(15)17/h2-4,7-9,16H,1,5H2,(H,21,22)(H,23,24)(H2,13,14,17)(H2,18,19,20)/p-3/t7-,8+,9-,11-/m1/s1. The predicted molar refractivity (Wildman–Crippen MR) is 90.0 cm³/mol. The molecule has 1 fully saturated rings. The van der Waals surface area contributed by atoms with Gasteiger partial charge in [0, 0.05) is 6.20 Å². The molecule has 7 atom stereocenters. The number of phosphoric acid groups is 3. The first kappa shape index (κ1) is 25.9. The molecular weight excluding hydrogens is 494 g/mol. The van der Waals surface area contributed by atoms with Crippen molar-refractivity contribution in [2.45, 2.75) is 24.1 Å². The average Bonchev–Trinajstić information content (AvgIpc) is 2.82. The summed E-state index contributed by atoms with van der Waals surface area (Å²) in [6.45, 7) is 1.85. The van der Waals surface area contributed by atoms with Gasteiger partial charge in [-0.3, -0.25) is 18.3 Å². The van der Waals surface area contributed by atoms with Crippen molar-refractivity contribution in [3.05, 3.63) is 35.4 Å². The van der Waals surface area contributed by atoms with Gasteiger partial charge in [-0.2, -0.15) is 4.98 Å². The Labute approximate surface area is 172 Å². The van der Waals surface area contributed by atoms with Gasteiger partial charge in [-0.1, -0.05) is 6.08 Å². The SMILES string of the molecule is C=C[C@]1(COP(=O)([O-])OP(=O)([O-])OP(=O)([O-])O)O[C@@H](n2ccc(N)nc2=O)[C@H](O)[C@@H]1F. The van der Waals surface area contributed by atoms with E-state index in [-0.39, 0.29) is 5.82 Å². The summed E-state index contributed by atoms with van der Waals surface area (Å²) in [6.07, 6.45) is -4.61. The summed E-state index contributed by atoms with van der Waals surface area (Å²) in [5.41, 5.74) is 1.82. The summed E-state index contributed by atoms with van der Waals surface area (Å²) in [7, 11) is -18.1. The van der Waals surface area contributed by atoms with E-state index in [0.717, 1.165) is 12.3 Å². The molecule has 2 heterocycles. The normalized spacial score (nSPS) is 32.0. The van der Waals surface area contributed by atoms with Gasteiger partial charge in [0.2, 0.25) is 0 Å². The molecule has 16 nitrogen and oxygen atoms in total. The van der Waals surface area contributed by atoms with Crippen LogP contribution in [0.1, 0.15) is 6.23 Å². The van der Waals surface area contributed by atoms with Crippen molar-refractivity contribution >= 4 is 29.3 Å². The number of nitrogens with zero attached hydrogens (tertiary/aromatic N) is 2. The van der Waals surface area contributed by atoms with E-state index in [1.165, 1.54) is 0 Å². The van der Waals surface area contributed by atoms with E-state index >= 15 is 0 Å². The highest BCUT2D eigenvalue weighted by molar-refractivity contribution is 7.65. The molecule has 1 aliphatic heterocycles. The molecule has 1 saturated heterocycles. The van der Waals surface area contributed by atoms with Crippen LogP contribution < -0.4 is 26.1 Å². The van der Waals surface area contributed by atoms with Crippen LogP contribution in [-0.4, -0.2) is 44.0 Å². The molecule has 20 heteroatoms. The zero-order valence-corrected chi connectivity index (χ0v) is 17.6. The third-order valence-electron chi connectivity index (χ3n) is 3.72. The van der Waals surface area contributed by atoms with Crippen LogP contribution in [0.2, 0.25) is 0 Å². The van der Waals surface area contributed by atoms with E-state index in [1.807, 2.05) is 0 Å². The van der Waals surface area contributed by atoms with Gasteiger partial charge in [0.15, 0.2) is 12.4 Å². The number of ether oxygens (including phenoxy) is 1. The second kappa shape index (κ2) is 8.90. The third-order valence-corrected chi connectivity index (χ3v) is 7.39. The quantitative estimate of drug-likeness (QED) is 0.229. The minimum absolute atomic E-state index is 0.192. The number of aliphatic hydroxyl groups is 1. The zero-order chi connectivity index (χ0) is 23.8. The topological polar surface area (TPSA) is 259 Å². The van der Waals surface area contributed by atoms with E-state index in [9.17, 15) is 42.7 Å². The van der Waals surface area contributed by atoms with Crippen LogP contribution in [0.15, 0.2) is 29.7 Å². The van der Waals surface area contributed by atoms with Crippen molar-refractivity contribution in [3.8, 4) is 0 Å². The molecule has 4 N–H and O–H groups in total. The van der Waals surface area contributed by atoms with E-state index in [1.54, 1.807) is 0 Å². The van der Waals surface area contributed by atoms with Crippen LogP contribution in [0.25, 0.3) is 0 Å². The number of nitrogen functional groups attached to an aromatic ring is 1. The predicted octanol–water partition coefficient (Wildman–Crippen LogP) is -2.57. The molecule has 0 amide bonds. The fraction of sp³-hybridized carbons (Fsp3) is 0.455. The Morgan fingerprint density at radius 2 is 1.97 bits per heavy atom. The first-order chi connectivity index (χ1) is 14.0. The molecule has 1 aromatic heterocycles. The number of nitrogens with two attached hydrogens (primary N) is 1. The number of alkyl halides is 1. The van der Waals surface area contributed by atoms with E-state index in [4.69, 9.17) is 15.4 Å². The molecule has 176 valence electrons. The number of aliphatic hydroxyl groups excluding tert-OH is 1. The Balaban J connectivity index is 2.21. The van der Waals surface area contributed by atoms with E-state index in [2.05, 4.69) is 24.7 Å². The number of phosphoric ester groups is 1. The molecule has 0 bridgehead atoms. The summed E-state index contributed by atoms with van der Waals surface area (Å²) in [5.74, 6) is -0.192. The average molecular weight is 508 g/mol. The number of anilines is 1. The van der Waals surface area contributed by atoms with Crippen LogP contribution >= 0.6 is 23.5 Å². The second-order valence-corrected chi connectivity index (χ2v) is 10.2. The molecule has 0 spiro atoms. The van der Waals surface area contributed by atoms with Crippen molar-refractivity contribution in [2.24, 2.45) is 0 Å². The Kier molecular flexibility index (Phi) is 7.45. The summed E-state index contributed by atoms with van der Waals surface area (Å²) >= 11 is 0. The fourth-order valence-corrected chi connectivity index (χ4v) is 5.36. The highest BCUT2D eigenvalue weighted by Crippen LogP contribution is 2.61. The lowest BCUT2D eigenvalue weighted by atomic mass is 9.98. The zero-order valence-electron chi connectivity index (χ0n) is 15.0. The number of rotatable bonds is 9. The van der Waals surface area contributed by atoms with Crippen LogP contribution in [0.5, 0.6) is 0 Å². The molecule has 2 rings (SSSR count). The van der Waals surface area contributed by atoms with Gasteiger partial charge < -0.3 is 39.7 Å². The summed E-state index contributed by atoms with van der Waals surface area (Å²) in [5, 5.41) is 10.1. The Morgan fingerprint density at radius 1 is 1.35 bits per heavy atom. The molecule has 0 aliphatic carbocycles. The Morgan fingerprint density at radius 3 is 2.48 bits per heavy atom. The summed E-state index contributed by atoms with van der Waals surface area (Å²) in [4.78, 5) is 56.9. The van der Waals surface area contributed by atoms with Crippen LogP contribution in [0, 0.1) is 0 Å². The van der Waals surface area contributed by atoms with Gasteiger partial charge in [-0.25, -0.2) is 17.8 Å². The maximum Gasteiger partial charge on any atom is 0.351 e. The van der Waals surface area contributed by atoms with Crippen molar-refractivity contribution in [1.82, 2.24) is 9.55 Å². The minimum Gasteiger partial charge on any atom is -0.756 e. The number of aromatic nitrogens is 2. The van der Waals surface area contributed by atoms with Gasteiger partial charge in [-0.05, 0) is 6.07 Å². The largest absolute Gasteiger partial charge is 0.756 e. The van der Waals surface area contributed by atoms with E-state index in [0.29, 0.717) is 10.6 Å². The molecule has 0 aromatic carbocycles. The van der Waals surface area contributed by atoms with Crippen molar-refractivity contribution < 1.29 is 60.6 Å². The van der Waals surface area contributed by atoms with Gasteiger partial charge >= 0.3 is 5.69 Å². The third kappa shape index (κ3) is 6.35. The molecule has 0 radical (unpaired) electrons. The second-order valence-electron chi connectivity index (χ2n) is 5.90. The first-order valence-corrected chi connectivity index (χ1v) is 12.1. The summed E-state index contributed by atoms with van der Waals surface area (Å²) < 4.78 is 64.6. The molecular formula is C11H14FN3O13P3-3. The van der Waals surface area contributed by atoms with E-state index < -0.39 is 59.9 Å². The number of hydrogen-bond donors (Lipinski definition) is 3. The van der Waals surface area contributed by atoms with Gasteiger partial charge in [-0.15, -0.1) is 6.58 Å². The lowest BCUT2D eigenvalue weighted by Crippen LogP contribution is -2.42. The monoisotopic (exact) mass is 508 g/mol. The van der Waals surface area contributed by atoms with Crippen LogP contribution in [-0.2, 0) is 31.6 Å². The summed E-state index contributed by atoms with van der Waals surface area (Å²) in [6, 6.07) is 1.12. The van der Waals surface area contributed by atoms with Gasteiger partial charge in [0.05, 0.1) is 6.61 Å². The van der Waals surface area contributed by atoms with Crippen LogP contribution in [0.4, 0.5) is 10.2 Å². The maximum absolute atomic E-state index is 14.7. The lowest BCUT2D eigenvalue weighted by molar-refractivity contribution is -0.251. The molecule has 1 aliphatic rings. The highest BCUT2D eigenvalue weighted by atomic mass is 31.3. The highest BCUT2D eigenvalue weighted by Gasteiger charge is 2.55. The van der Waals surface area contributed by atoms with Gasteiger partial charge in [0.25, 0.3) is 23.5 Å². The fourth-order valence-electron chi connectivity index (χ4n) is 2.43. The van der Waals surface area contributed by atoms with Crippen molar-refractivity contribution in [3.63, 3.8) is 0 Å².